The summed E-state index contributed by atoms with van der Waals surface area (Å²) in [6.45, 7) is 0.513. The second-order valence-corrected chi connectivity index (χ2v) is 5.46. The molecule has 3 rings (SSSR count). The van der Waals surface area contributed by atoms with Crippen LogP contribution in [-0.2, 0) is 13.0 Å². The summed E-state index contributed by atoms with van der Waals surface area (Å²) in [4.78, 5) is 4.18. The molecule has 1 heterocycles. The van der Waals surface area contributed by atoms with Crippen molar-refractivity contribution < 1.29 is 9.84 Å². The Hall–Kier alpha value is -1.39. The van der Waals surface area contributed by atoms with E-state index in [-0.39, 0.29) is 6.10 Å². The molecule has 0 amide bonds. The Morgan fingerprint density at radius 2 is 2.39 bits per heavy atom. The molecule has 1 aliphatic carbocycles. The number of rotatable bonds is 3. The van der Waals surface area contributed by atoms with Crippen LogP contribution in [0.25, 0.3) is 0 Å². The van der Waals surface area contributed by atoms with Crippen LogP contribution in [0.3, 0.4) is 0 Å². The summed E-state index contributed by atoms with van der Waals surface area (Å²) in [5.74, 6) is 0.859. The molecule has 2 aromatic rings. The van der Waals surface area contributed by atoms with Crippen molar-refractivity contribution in [3.63, 3.8) is 0 Å². The van der Waals surface area contributed by atoms with E-state index in [0.717, 1.165) is 35.6 Å². The standard InChI is InChI=1S/C14H15NO2S/c16-13-3-1-2-10-8-11(4-5-12(10)13)17-9-14-15-6-7-18-14/h4-8,13,16H,1-3,9H2. The van der Waals surface area contributed by atoms with Crippen molar-refractivity contribution in [1.82, 2.24) is 4.98 Å². The molecule has 3 nitrogen and oxygen atoms in total. The van der Waals surface area contributed by atoms with Gasteiger partial charge in [-0.3, -0.25) is 0 Å². The van der Waals surface area contributed by atoms with E-state index in [1.165, 1.54) is 5.56 Å². The fourth-order valence-corrected chi connectivity index (χ4v) is 2.85. The summed E-state index contributed by atoms with van der Waals surface area (Å²) in [6.07, 6.45) is 4.42. The number of thiazole rings is 1. The van der Waals surface area contributed by atoms with Gasteiger partial charge in [0, 0.05) is 11.6 Å². The molecule has 0 bridgehead atoms. The lowest BCUT2D eigenvalue weighted by molar-refractivity contribution is 0.156. The number of fused-ring (bicyclic) bond motifs is 1. The number of nitrogens with zero attached hydrogens (tertiary/aromatic N) is 1. The summed E-state index contributed by atoms with van der Waals surface area (Å²) in [5, 5.41) is 12.8. The van der Waals surface area contributed by atoms with Gasteiger partial charge in [0.1, 0.15) is 17.4 Å². The van der Waals surface area contributed by atoms with E-state index in [4.69, 9.17) is 4.74 Å². The van der Waals surface area contributed by atoms with E-state index in [2.05, 4.69) is 4.98 Å². The Balaban J connectivity index is 1.74. The van der Waals surface area contributed by atoms with E-state index in [0.29, 0.717) is 6.61 Å². The Kier molecular flexibility index (Phi) is 3.30. The normalized spacial score (nSPS) is 18.4. The number of aryl methyl sites for hydroxylation is 1. The molecule has 1 aromatic heterocycles. The number of hydrogen-bond acceptors (Lipinski definition) is 4. The number of aromatic nitrogens is 1. The molecule has 4 heteroatoms. The third-order valence-corrected chi connectivity index (χ3v) is 4.00. The van der Waals surface area contributed by atoms with Crippen molar-refractivity contribution >= 4 is 11.3 Å². The molecular weight excluding hydrogens is 246 g/mol. The van der Waals surface area contributed by atoms with Crippen LogP contribution < -0.4 is 4.74 Å². The van der Waals surface area contributed by atoms with Gasteiger partial charge in [-0.2, -0.15) is 0 Å². The monoisotopic (exact) mass is 261 g/mol. The van der Waals surface area contributed by atoms with Gasteiger partial charge in [0.05, 0.1) is 6.10 Å². The third kappa shape index (κ3) is 2.40. The lowest BCUT2D eigenvalue weighted by Crippen LogP contribution is -2.09. The SMILES string of the molecule is OC1CCCc2cc(OCc3nccs3)ccc21. The molecule has 18 heavy (non-hydrogen) atoms. The topological polar surface area (TPSA) is 42.4 Å². The zero-order valence-corrected chi connectivity index (χ0v) is 10.8. The number of aliphatic hydroxyl groups is 1. The zero-order valence-electron chi connectivity index (χ0n) is 10.0. The highest BCUT2D eigenvalue weighted by molar-refractivity contribution is 7.09. The number of aliphatic hydroxyl groups excluding tert-OH is 1. The lowest BCUT2D eigenvalue weighted by Gasteiger charge is -2.21. The van der Waals surface area contributed by atoms with Crippen molar-refractivity contribution in [3.8, 4) is 5.75 Å². The molecule has 1 unspecified atom stereocenters. The first kappa shape index (κ1) is 11.7. The average Bonchev–Trinajstić information content (AvgIpc) is 2.90. The van der Waals surface area contributed by atoms with Crippen LogP contribution in [-0.4, -0.2) is 10.1 Å². The summed E-state index contributed by atoms with van der Waals surface area (Å²) >= 11 is 1.60. The first-order valence-corrected chi connectivity index (χ1v) is 7.03. The van der Waals surface area contributed by atoms with Crippen LogP contribution in [0.2, 0.25) is 0 Å². The summed E-state index contributed by atoms with van der Waals surface area (Å²) < 4.78 is 5.72. The predicted molar refractivity (Wildman–Crippen MR) is 70.8 cm³/mol. The molecule has 94 valence electrons. The van der Waals surface area contributed by atoms with Crippen LogP contribution in [0.4, 0.5) is 0 Å². The third-order valence-electron chi connectivity index (χ3n) is 3.24. The molecule has 1 N–H and O–H groups in total. The second-order valence-electron chi connectivity index (χ2n) is 4.48. The fourth-order valence-electron chi connectivity index (χ4n) is 2.32. The smallest absolute Gasteiger partial charge is 0.140 e. The highest BCUT2D eigenvalue weighted by Crippen LogP contribution is 2.32. The molecule has 1 aliphatic rings. The van der Waals surface area contributed by atoms with Crippen LogP contribution in [0.1, 0.15) is 35.1 Å². The second kappa shape index (κ2) is 5.08. The maximum atomic E-state index is 9.88. The van der Waals surface area contributed by atoms with Crippen molar-refractivity contribution in [2.24, 2.45) is 0 Å². The minimum atomic E-state index is -0.304. The summed E-state index contributed by atoms with van der Waals surface area (Å²) in [7, 11) is 0. The maximum Gasteiger partial charge on any atom is 0.140 e. The largest absolute Gasteiger partial charge is 0.486 e. The van der Waals surface area contributed by atoms with Gasteiger partial charge >= 0.3 is 0 Å². The fraction of sp³-hybridized carbons (Fsp3) is 0.357. The predicted octanol–water partition coefficient (Wildman–Crippen LogP) is 3.09. The van der Waals surface area contributed by atoms with Crippen molar-refractivity contribution in [3.05, 3.63) is 45.9 Å². The van der Waals surface area contributed by atoms with E-state index >= 15 is 0 Å². The maximum absolute atomic E-state index is 9.88. The van der Waals surface area contributed by atoms with Crippen molar-refractivity contribution in [1.29, 1.82) is 0 Å². The molecule has 1 atom stereocenters. The Morgan fingerprint density at radius 1 is 1.44 bits per heavy atom. The molecule has 0 spiro atoms. The molecule has 0 aliphatic heterocycles. The van der Waals surface area contributed by atoms with Gasteiger partial charge in [-0.1, -0.05) is 6.07 Å². The molecule has 0 saturated heterocycles. The van der Waals surface area contributed by atoms with Crippen LogP contribution in [0.15, 0.2) is 29.8 Å². The van der Waals surface area contributed by atoms with Gasteiger partial charge in [0.2, 0.25) is 0 Å². The van der Waals surface area contributed by atoms with Crippen LogP contribution >= 0.6 is 11.3 Å². The number of ether oxygens (including phenoxy) is 1. The minimum Gasteiger partial charge on any atom is -0.486 e. The van der Waals surface area contributed by atoms with Crippen LogP contribution in [0, 0.1) is 0 Å². The Morgan fingerprint density at radius 3 is 3.22 bits per heavy atom. The van der Waals surface area contributed by atoms with Gasteiger partial charge in [-0.15, -0.1) is 11.3 Å². The molecule has 0 fully saturated rings. The van der Waals surface area contributed by atoms with Crippen molar-refractivity contribution in [2.45, 2.75) is 32.0 Å². The Bertz CT molecular complexity index is 525. The number of benzene rings is 1. The first-order chi connectivity index (χ1) is 8.83. The summed E-state index contributed by atoms with van der Waals surface area (Å²) in [5.41, 5.74) is 2.27. The van der Waals surface area contributed by atoms with E-state index < -0.39 is 0 Å². The van der Waals surface area contributed by atoms with Crippen LogP contribution in [0.5, 0.6) is 5.75 Å². The van der Waals surface area contributed by atoms with E-state index in [1.54, 1.807) is 17.5 Å². The van der Waals surface area contributed by atoms with Gasteiger partial charge in [-0.25, -0.2) is 4.98 Å². The Labute approximate surface area is 110 Å². The van der Waals surface area contributed by atoms with E-state index in [1.807, 2.05) is 23.6 Å². The molecule has 0 radical (unpaired) electrons. The summed E-state index contributed by atoms with van der Waals surface area (Å²) in [6, 6.07) is 5.96. The molecule has 1 aromatic carbocycles. The van der Waals surface area contributed by atoms with Crippen molar-refractivity contribution in [2.75, 3.05) is 0 Å². The quantitative estimate of drug-likeness (QED) is 0.923. The van der Waals surface area contributed by atoms with Gasteiger partial charge in [0.25, 0.3) is 0 Å². The molecule has 0 saturated carbocycles. The van der Waals surface area contributed by atoms with E-state index in [9.17, 15) is 5.11 Å². The van der Waals surface area contributed by atoms with Gasteiger partial charge in [-0.05, 0) is 42.5 Å². The van der Waals surface area contributed by atoms with Gasteiger partial charge in [0.15, 0.2) is 0 Å². The highest BCUT2D eigenvalue weighted by Gasteiger charge is 2.18. The van der Waals surface area contributed by atoms with Gasteiger partial charge < -0.3 is 9.84 Å². The lowest BCUT2D eigenvalue weighted by atomic mass is 9.89. The minimum absolute atomic E-state index is 0.304. The zero-order chi connectivity index (χ0) is 12.4. The first-order valence-electron chi connectivity index (χ1n) is 6.15. The molecular formula is C14H15NO2S. The highest BCUT2D eigenvalue weighted by atomic mass is 32.1. The number of hydrogen-bond donors (Lipinski definition) is 1. The average molecular weight is 261 g/mol.